The molecule has 10 heteroatoms. The number of aryl methyl sites for hydroxylation is 1. The molecule has 0 spiro atoms. The number of hydrogen-bond acceptors (Lipinski definition) is 7. The first-order chi connectivity index (χ1) is 22.5. The lowest BCUT2D eigenvalue weighted by Crippen LogP contribution is -2.38. The Bertz CT molecular complexity index is 1740. The molecule has 2 aromatic carbocycles. The van der Waals surface area contributed by atoms with Crippen LogP contribution in [-0.4, -0.2) is 56.9 Å². The average molecular weight is 643 g/mol. The van der Waals surface area contributed by atoms with Gasteiger partial charge in [0.15, 0.2) is 0 Å². The summed E-state index contributed by atoms with van der Waals surface area (Å²) in [5.74, 6) is 0.340. The number of carbonyl (C=O) groups is 1. The van der Waals surface area contributed by atoms with Gasteiger partial charge < -0.3 is 14.2 Å². The van der Waals surface area contributed by atoms with Crippen LogP contribution in [0, 0.1) is 12.7 Å². The zero-order valence-corrected chi connectivity index (χ0v) is 27.6. The predicted molar refractivity (Wildman–Crippen MR) is 177 cm³/mol. The van der Waals surface area contributed by atoms with Crippen molar-refractivity contribution in [3.63, 3.8) is 0 Å². The van der Waals surface area contributed by atoms with E-state index in [0.29, 0.717) is 41.7 Å². The molecule has 2 aliphatic rings. The number of aromatic nitrogens is 3. The van der Waals surface area contributed by atoms with Gasteiger partial charge in [0, 0.05) is 69.0 Å². The average Bonchev–Trinajstić information content (AvgIpc) is 3.40. The number of pyridine rings is 1. The predicted octanol–water partition coefficient (Wildman–Crippen LogP) is 7.10. The Morgan fingerprint density at radius 1 is 0.979 bits per heavy atom. The third-order valence-electron chi connectivity index (χ3n) is 8.77. The number of ether oxygens (including phenoxy) is 3. The third-order valence-corrected chi connectivity index (χ3v) is 8.77. The minimum absolute atomic E-state index is 0.0228. The molecule has 2 aromatic heterocycles. The van der Waals surface area contributed by atoms with Crippen LogP contribution in [0.5, 0.6) is 11.6 Å². The molecule has 6 rings (SSSR count). The van der Waals surface area contributed by atoms with Crippen molar-refractivity contribution in [1.29, 1.82) is 0 Å². The van der Waals surface area contributed by atoms with Crippen molar-refractivity contribution in [2.45, 2.75) is 77.6 Å². The fourth-order valence-corrected chi connectivity index (χ4v) is 6.36. The van der Waals surface area contributed by atoms with Crippen LogP contribution in [0.1, 0.15) is 80.0 Å². The zero-order chi connectivity index (χ0) is 33.1. The van der Waals surface area contributed by atoms with Crippen LogP contribution in [0.15, 0.2) is 71.8 Å². The highest BCUT2D eigenvalue weighted by Crippen LogP contribution is 2.32. The molecule has 2 aliphatic heterocycles. The van der Waals surface area contributed by atoms with Gasteiger partial charge in [-0.25, -0.2) is 19.0 Å². The molecule has 0 amide bonds. The summed E-state index contributed by atoms with van der Waals surface area (Å²) in [5.41, 5.74) is 2.97. The van der Waals surface area contributed by atoms with E-state index in [4.69, 9.17) is 14.2 Å². The van der Waals surface area contributed by atoms with Gasteiger partial charge in [0.1, 0.15) is 17.2 Å². The van der Waals surface area contributed by atoms with Gasteiger partial charge in [-0.1, -0.05) is 17.7 Å². The van der Waals surface area contributed by atoms with E-state index in [0.717, 1.165) is 56.4 Å². The highest BCUT2D eigenvalue weighted by Gasteiger charge is 2.29. The molecule has 4 heterocycles. The summed E-state index contributed by atoms with van der Waals surface area (Å²) < 4.78 is 35.7. The van der Waals surface area contributed by atoms with Crippen molar-refractivity contribution < 1.29 is 23.4 Å². The van der Waals surface area contributed by atoms with E-state index in [9.17, 15) is 9.59 Å². The summed E-state index contributed by atoms with van der Waals surface area (Å²) in [5, 5.41) is 0. The molecule has 2 saturated heterocycles. The first-order valence-electron chi connectivity index (χ1n) is 16.4. The molecule has 0 saturated carbocycles. The van der Waals surface area contributed by atoms with Crippen molar-refractivity contribution in [2.24, 2.45) is 0 Å². The molecule has 0 unspecified atom stereocenters. The lowest BCUT2D eigenvalue weighted by molar-refractivity contribution is 0.00694. The van der Waals surface area contributed by atoms with Gasteiger partial charge in [0.25, 0.3) is 0 Å². The summed E-state index contributed by atoms with van der Waals surface area (Å²) in [6.45, 7) is 11.0. The second-order valence-electron chi connectivity index (χ2n) is 13.5. The summed E-state index contributed by atoms with van der Waals surface area (Å²) in [7, 11) is 0. The highest BCUT2D eigenvalue weighted by molar-refractivity contribution is 5.89. The number of esters is 1. The Balaban J connectivity index is 1.09. The molecule has 0 N–H and O–H groups in total. The normalized spacial score (nSPS) is 16.7. The number of halogens is 1. The molecule has 0 aliphatic carbocycles. The Morgan fingerprint density at radius 2 is 1.70 bits per heavy atom. The molecule has 248 valence electrons. The number of carbonyl (C=O) groups excluding carboxylic acids is 1. The van der Waals surface area contributed by atoms with Crippen molar-refractivity contribution in [1.82, 2.24) is 19.0 Å². The van der Waals surface area contributed by atoms with Gasteiger partial charge in [-0.2, -0.15) is 0 Å². The minimum Gasteiger partial charge on any atom is -0.456 e. The molecule has 4 aromatic rings. The number of nitrogens with zero attached hydrogens (tertiary/aromatic N) is 4. The van der Waals surface area contributed by atoms with E-state index in [1.54, 1.807) is 30.3 Å². The molecule has 9 nitrogen and oxygen atoms in total. The van der Waals surface area contributed by atoms with Crippen LogP contribution < -0.4 is 10.4 Å². The Morgan fingerprint density at radius 3 is 2.36 bits per heavy atom. The number of benzene rings is 2. The minimum atomic E-state index is -0.559. The van der Waals surface area contributed by atoms with E-state index >= 15 is 4.39 Å². The fourth-order valence-electron chi connectivity index (χ4n) is 6.36. The van der Waals surface area contributed by atoms with Crippen molar-refractivity contribution >= 4 is 5.97 Å². The molecular weight excluding hydrogens is 599 g/mol. The van der Waals surface area contributed by atoms with E-state index < -0.39 is 5.60 Å². The van der Waals surface area contributed by atoms with E-state index in [2.05, 4.69) is 9.88 Å². The summed E-state index contributed by atoms with van der Waals surface area (Å²) in [6.07, 6.45) is 6.80. The monoisotopic (exact) mass is 642 g/mol. The maximum absolute atomic E-state index is 15.2. The van der Waals surface area contributed by atoms with Gasteiger partial charge in [-0.3, -0.25) is 14.0 Å². The first kappa shape index (κ1) is 32.7. The van der Waals surface area contributed by atoms with Crippen LogP contribution in [0.25, 0.3) is 11.3 Å². The summed E-state index contributed by atoms with van der Waals surface area (Å²) >= 11 is 0. The van der Waals surface area contributed by atoms with E-state index in [1.165, 1.54) is 6.07 Å². The third kappa shape index (κ3) is 7.82. The first-order valence-corrected chi connectivity index (χ1v) is 16.4. The van der Waals surface area contributed by atoms with Crippen molar-refractivity contribution in [3.8, 4) is 22.9 Å². The van der Waals surface area contributed by atoms with Crippen LogP contribution in [0.4, 0.5) is 4.39 Å². The Kier molecular flexibility index (Phi) is 9.61. The van der Waals surface area contributed by atoms with Gasteiger partial charge in [0.05, 0.1) is 11.3 Å². The summed E-state index contributed by atoms with van der Waals surface area (Å²) in [6, 6.07) is 15.8. The zero-order valence-electron chi connectivity index (χ0n) is 27.6. The number of piperidine rings is 1. The quantitative estimate of drug-likeness (QED) is 0.190. The number of likely N-dealkylation sites (tertiary alicyclic amines) is 1. The van der Waals surface area contributed by atoms with Gasteiger partial charge in [-0.15, -0.1) is 0 Å². The van der Waals surface area contributed by atoms with Crippen molar-refractivity contribution in [3.05, 3.63) is 100.0 Å². The number of rotatable bonds is 8. The highest BCUT2D eigenvalue weighted by atomic mass is 19.1. The van der Waals surface area contributed by atoms with Crippen molar-refractivity contribution in [2.75, 3.05) is 26.3 Å². The maximum Gasteiger partial charge on any atom is 0.338 e. The fraction of sp³-hybridized carbons (Fsp3) is 0.432. The van der Waals surface area contributed by atoms with E-state index in [-0.39, 0.29) is 29.6 Å². The smallest absolute Gasteiger partial charge is 0.338 e. The lowest BCUT2D eigenvalue weighted by atomic mass is 10.0. The molecular formula is C37H43FN4O5. The lowest BCUT2D eigenvalue weighted by Gasteiger charge is -2.33. The molecule has 0 atom stereocenters. The molecule has 0 radical (unpaired) electrons. The molecule has 2 fully saturated rings. The standard InChI is InChI=1S/C37H43FN4O5/c1-25-5-11-32(38)31(21-25)33-24-41(28-15-19-45-20-16-28)36(44)42(33)29-13-17-40(18-14-29)23-26-6-12-34(39-22-26)46-30-9-7-27(8-10-30)35(43)47-37(2,3)4/h5-12,21-22,24,28-29H,13-20,23H2,1-4H3. The number of imidazole rings is 1. The topological polar surface area (TPSA) is 87.8 Å². The second-order valence-corrected chi connectivity index (χ2v) is 13.5. The van der Waals surface area contributed by atoms with Gasteiger partial charge in [0.2, 0.25) is 5.88 Å². The second kappa shape index (κ2) is 13.8. The molecule has 0 bridgehead atoms. The molecule has 47 heavy (non-hydrogen) atoms. The van der Waals surface area contributed by atoms with Crippen LogP contribution in [0.2, 0.25) is 0 Å². The van der Waals surface area contributed by atoms with Crippen LogP contribution >= 0.6 is 0 Å². The maximum atomic E-state index is 15.2. The van der Waals surface area contributed by atoms with Crippen LogP contribution in [0.3, 0.4) is 0 Å². The SMILES string of the molecule is Cc1ccc(F)c(-c2cn(C3CCOCC3)c(=O)n2C2CCN(Cc3ccc(Oc4ccc(C(=O)OC(C)(C)C)cc4)nc3)CC2)c1. The van der Waals surface area contributed by atoms with Gasteiger partial charge >= 0.3 is 11.7 Å². The largest absolute Gasteiger partial charge is 0.456 e. The number of hydrogen-bond donors (Lipinski definition) is 0. The Hall–Kier alpha value is -4.28. The van der Waals surface area contributed by atoms with Crippen LogP contribution in [-0.2, 0) is 16.0 Å². The van der Waals surface area contributed by atoms with Gasteiger partial charge in [-0.05, 0) is 95.3 Å². The van der Waals surface area contributed by atoms with E-state index in [1.807, 2.05) is 67.4 Å². The Labute approximate surface area is 274 Å². The summed E-state index contributed by atoms with van der Waals surface area (Å²) in [4.78, 5) is 33.0.